The number of hydrogen-bond acceptors (Lipinski definition) is 4. The number of non-ortho nitro benzene ring substituents is 1. The summed E-state index contributed by atoms with van der Waals surface area (Å²) in [5.74, 6) is -0.375. The SMILES string of the molecule is Cc1ccc(-c2cc(C(=O)Nc3ccc([N+](=O)[O-])cc3Cl)c3ccccc3n2)c(C)c1. The molecule has 0 saturated carbocycles. The zero-order valence-corrected chi connectivity index (χ0v) is 17.6. The van der Waals surface area contributed by atoms with E-state index in [4.69, 9.17) is 16.6 Å². The Bertz CT molecular complexity index is 1350. The number of nitro groups is 1. The van der Waals surface area contributed by atoms with Crippen molar-refractivity contribution in [2.45, 2.75) is 13.8 Å². The van der Waals surface area contributed by atoms with E-state index in [-0.39, 0.29) is 16.6 Å². The smallest absolute Gasteiger partial charge is 0.271 e. The number of anilines is 1. The summed E-state index contributed by atoms with van der Waals surface area (Å²) in [7, 11) is 0. The highest BCUT2D eigenvalue weighted by atomic mass is 35.5. The van der Waals surface area contributed by atoms with Gasteiger partial charge in [0.1, 0.15) is 0 Å². The first kappa shape index (κ1) is 20.5. The predicted molar refractivity (Wildman–Crippen MR) is 123 cm³/mol. The van der Waals surface area contributed by atoms with E-state index in [0.29, 0.717) is 27.8 Å². The summed E-state index contributed by atoms with van der Waals surface area (Å²) in [6, 6.07) is 19.2. The Hall–Kier alpha value is -3.77. The number of nitrogens with zero attached hydrogens (tertiary/aromatic N) is 2. The lowest BCUT2D eigenvalue weighted by Crippen LogP contribution is -2.13. The van der Waals surface area contributed by atoms with Crippen LogP contribution in [0.5, 0.6) is 0 Å². The fourth-order valence-corrected chi connectivity index (χ4v) is 3.73. The molecule has 3 aromatic carbocycles. The van der Waals surface area contributed by atoms with E-state index in [1.165, 1.54) is 18.2 Å². The molecule has 0 bridgehead atoms. The van der Waals surface area contributed by atoms with Crippen LogP contribution < -0.4 is 5.32 Å². The number of rotatable bonds is 4. The summed E-state index contributed by atoms with van der Waals surface area (Å²) < 4.78 is 0. The second-order valence-corrected chi connectivity index (χ2v) is 7.67. The number of aromatic nitrogens is 1. The number of fused-ring (bicyclic) bond motifs is 1. The molecule has 0 aliphatic rings. The molecule has 6 nitrogen and oxygen atoms in total. The number of hydrogen-bond donors (Lipinski definition) is 1. The average Bonchev–Trinajstić information content (AvgIpc) is 2.74. The maximum Gasteiger partial charge on any atom is 0.271 e. The molecule has 1 heterocycles. The number of carbonyl (C=O) groups is 1. The molecule has 0 saturated heterocycles. The molecular formula is C24H18ClN3O3. The molecule has 4 aromatic rings. The largest absolute Gasteiger partial charge is 0.321 e. The molecule has 1 aromatic heterocycles. The van der Waals surface area contributed by atoms with E-state index < -0.39 is 4.92 Å². The van der Waals surface area contributed by atoms with Gasteiger partial charge >= 0.3 is 0 Å². The van der Waals surface area contributed by atoms with Gasteiger partial charge in [0.15, 0.2) is 0 Å². The lowest BCUT2D eigenvalue weighted by Gasteiger charge is -2.13. The Balaban J connectivity index is 1.79. The molecule has 0 fully saturated rings. The van der Waals surface area contributed by atoms with Crippen molar-refractivity contribution >= 4 is 39.8 Å². The molecular weight excluding hydrogens is 414 g/mol. The number of nitro benzene ring substituents is 1. The normalized spacial score (nSPS) is 10.8. The summed E-state index contributed by atoms with van der Waals surface area (Å²) in [4.78, 5) is 28.3. The van der Waals surface area contributed by atoms with Gasteiger partial charge in [-0.05, 0) is 37.6 Å². The van der Waals surface area contributed by atoms with E-state index >= 15 is 0 Å². The molecule has 0 aliphatic carbocycles. The molecule has 0 atom stereocenters. The molecule has 1 N–H and O–H groups in total. The summed E-state index contributed by atoms with van der Waals surface area (Å²) in [6.45, 7) is 4.03. The third kappa shape index (κ3) is 4.11. The van der Waals surface area contributed by atoms with E-state index in [1.807, 2.05) is 50.2 Å². The second-order valence-electron chi connectivity index (χ2n) is 7.27. The topological polar surface area (TPSA) is 85.1 Å². The van der Waals surface area contributed by atoms with Crippen LogP contribution in [0, 0.1) is 24.0 Å². The third-order valence-electron chi connectivity index (χ3n) is 5.03. The molecule has 7 heteroatoms. The molecule has 0 radical (unpaired) electrons. The van der Waals surface area contributed by atoms with Crippen LogP contribution in [0.15, 0.2) is 66.7 Å². The Morgan fingerprint density at radius 1 is 1.03 bits per heavy atom. The van der Waals surface area contributed by atoms with Crippen LogP contribution in [0.2, 0.25) is 5.02 Å². The van der Waals surface area contributed by atoms with Crippen molar-refractivity contribution in [3.8, 4) is 11.3 Å². The average molecular weight is 432 g/mol. The third-order valence-corrected chi connectivity index (χ3v) is 5.34. The number of halogens is 1. The van der Waals surface area contributed by atoms with Crippen LogP contribution in [0.3, 0.4) is 0 Å². The summed E-state index contributed by atoms with van der Waals surface area (Å²) in [5.41, 5.74) is 5.13. The van der Waals surface area contributed by atoms with E-state index in [1.54, 1.807) is 6.07 Å². The Morgan fingerprint density at radius 3 is 2.52 bits per heavy atom. The van der Waals surface area contributed by atoms with Crippen molar-refractivity contribution in [3.63, 3.8) is 0 Å². The molecule has 1 amide bonds. The number of amides is 1. The van der Waals surface area contributed by atoms with Crippen molar-refractivity contribution in [1.82, 2.24) is 4.98 Å². The standard InChI is InChI=1S/C24H18ClN3O3/c1-14-7-9-17(15(2)11-14)23-13-19(18-5-3-4-6-21(18)26-23)24(29)27-22-10-8-16(28(30)31)12-20(22)25/h3-13H,1-2H3,(H,27,29). The Labute approximate surface area is 183 Å². The number of para-hydroxylation sites is 1. The lowest BCUT2D eigenvalue weighted by molar-refractivity contribution is -0.384. The first-order valence-electron chi connectivity index (χ1n) is 9.56. The number of nitrogens with one attached hydrogen (secondary N) is 1. The van der Waals surface area contributed by atoms with Gasteiger partial charge < -0.3 is 5.32 Å². The minimum Gasteiger partial charge on any atom is -0.321 e. The molecule has 31 heavy (non-hydrogen) atoms. The molecule has 0 unspecified atom stereocenters. The Morgan fingerprint density at radius 2 is 1.81 bits per heavy atom. The first-order chi connectivity index (χ1) is 14.8. The van der Waals surface area contributed by atoms with E-state index in [0.717, 1.165) is 16.7 Å². The van der Waals surface area contributed by atoms with Crippen LogP contribution >= 0.6 is 11.6 Å². The highest BCUT2D eigenvalue weighted by Gasteiger charge is 2.17. The predicted octanol–water partition coefficient (Wildman–Crippen LogP) is 6.33. The van der Waals surface area contributed by atoms with Crippen LogP contribution in [0.4, 0.5) is 11.4 Å². The maximum absolute atomic E-state index is 13.2. The minimum atomic E-state index is -0.538. The maximum atomic E-state index is 13.2. The van der Waals surface area contributed by atoms with Crippen LogP contribution in [0.1, 0.15) is 21.5 Å². The zero-order valence-electron chi connectivity index (χ0n) is 16.8. The molecule has 0 aliphatic heterocycles. The van der Waals surface area contributed by atoms with Crippen molar-refractivity contribution in [3.05, 3.63) is 98.6 Å². The fourth-order valence-electron chi connectivity index (χ4n) is 3.51. The van der Waals surface area contributed by atoms with Gasteiger partial charge in [0.2, 0.25) is 0 Å². The monoisotopic (exact) mass is 431 g/mol. The fraction of sp³-hybridized carbons (Fsp3) is 0.0833. The van der Waals surface area contributed by atoms with Crippen molar-refractivity contribution in [2.24, 2.45) is 0 Å². The summed E-state index contributed by atoms with van der Waals surface area (Å²) in [5, 5.41) is 14.5. The van der Waals surface area contributed by atoms with E-state index in [9.17, 15) is 14.9 Å². The lowest BCUT2D eigenvalue weighted by atomic mass is 9.99. The highest BCUT2D eigenvalue weighted by molar-refractivity contribution is 6.34. The quantitative estimate of drug-likeness (QED) is 0.302. The van der Waals surface area contributed by atoms with Gasteiger partial charge in [0.25, 0.3) is 11.6 Å². The van der Waals surface area contributed by atoms with Gasteiger partial charge in [-0.25, -0.2) is 4.98 Å². The van der Waals surface area contributed by atoms with Crippen LogP contribution in [0.25, 0.3) is 22.2 Å². The van der Waals surface area contributed by atoms with Gasteiger partial charge in [-0.3, -0.25) is 14.9 Å². The van der Waals surface area contributed by atoms with Crippen molar-refractivity contribution in [2.75, 3.05) is 5.32 Å². The molecule has 154 valence electrons. The first-order valence-corrected chi connectivity index (χ1v) is 9.94. The van der Waals surface area contributed by atoms with Crippen LogP contribution in [-0.2, 0) is 0 Å². The second kappa shape index (κ2) is 8.16. The number of pyridine rings is 1. The van der Waals surface area contributed by atoms with Crippen molar-refractivity contribution in [1.29, 1.82) is 0 Å². The number of carbonyl (C=O) groups excluding carboxylic acids is 1. The van der Waals surface area contributed by atoms with Gasteiger partial charge in [0, 0.05) is 23.1 Å². The summed E-state index contributed by atoms with van der Waals surface area (Å²) >= 11 is 6.15. The van der Waals surface area contributed by atoms with Gasteiger partial charge in [0.05, 0.1) is 32.4 Å². The van der Waals surface area contributed by atoms with Gasteiger partial charge in [-0.2, -0.15) is 0 Å². The molecule has 0 spiro atoms. The van der Waals surface area contributed by atoms with E-state index in [2.05, 4.69) is 11.4 Å². The minimum absolute atomic E-state index is 0.0931. The Kier molecular flexibility index (Phi) is 5.40. The highest BCUT2D eigenvalue weighted by Crippen LogP contribution is 2.30. The zero-order chi connectivity index (χ0) is 22.1. The number of aryl methyl sites for hydroxylation is 2. The summed E-state index contributed by atoms with van der Waals surface area (Å²) in [6.07, 6.45) is 0. The van der Waals surface area contributed by atoms with Gasteiger partial charge in [-0.15, -0.1) is 0 Å². The molecule has 4 rings (SSSR count). The van der Waals surface area contributed by atoms with Crippen molar-refractivity contribution < 1.29 is 9.72 Å². The van der Waals surface area contributed by atoms with Gasteiger partial charge in [-0.1, -0.05) is 53.6 Å². The number of benzene rings is 3. The van der Waals surface area contributed by atoms with Crippen LogP contribution in [-0.4, -0.2) is 15.8 Å².